The van der Waals surface area contributed by atoms with Crippen molar-refractivity contribution < 1.29 is 14.3 Å². The maximum absolute atomic E-state index is 13.2. The second kappa shape index (κ2) is 7.99. The van der Waals surface area contributed by atoms with Crippen LogP contribution in [0.2, 0.25) is 0 Å². The molecule has 1 atom stereocenters. The first-order chi connectivity index (χ1) is 12.9. The molecule has 1 aliphatic heterocycles. The minimum atomic E-state index is -0.925. The standard InChI is InChI=1S/C21H29N3O3S/c1-8-16-23-24(17(25)19(2,3)4)21(28-16,15-12-10-9-11-13-15)14-22-18(26)27-20(5,6)7/h8-13H,1,14H2,2-7H3,(H,22,26). The minimum absolute atomic E-state index is 0.138. The van der Waals surface area contributed by atoms with Gasteiger partial charge in [-0.2, -0.15) is 5.10 Å². The van der Waals surface area contributed by atoms with Crippen LogP contribution in [0.15, 0.2) is 48.1 Å². The molecule has 1 aromatic rings. The molecule has 1 N–H and O–H groups in total. The van der Waals surface area contributed by atoms with Crippen LogP contribution in [0.3, 0.4) is 0 Å². The number of thioether (sulfide) groups is 1. The van der Waals surface area contributed by atoms with Gasteiger partial charge in [0.25, 0.3) is 0 Å². The van der Waals surface area contributed by atoms with Gasteiger partial charge in [-0.05, 0) is 32.4 Å². The van der Waals surface area contributed by atoms with E-state index in [1.54, 1.807) is 26.8 Å². The fourth-order valence-corrected chi connectivity index (χ4v) is 3.78. The van der Waals surface area contributed by atoms with E-state index < -0.39 is 22.0 Å². The van der Waals surface area contributed by atoms with Crippen molar-refractivity contribution in [3.63, 3.8) is 0 Å². The average Bonchev–Trinajstić information content (AvgIpc) is 2.98. The Morgan fingerprint density at radius 3 is 2.32 bits per heavy atom. The third kappa shape index (κ3) is 4.95. The third-order valence-electron chi connectivity index (χ3n) is 3.92. The van der Waals surface area contributed by atoms with Gasteiger partial charge in [-0.3, -0.25) is 4.79 Å². The predicted molar refractivity (Wildman–Crippen MR) is 114 cm³/mol. The molecule has 0 aliphatic carbocycles. The first-order valence-electron chi connectivity index (χ1n) is 9.16. The molecule has 2 rings (SSSR count). The van der Waals surface area contributed by atoms with Crippen LogP contribution in [-0.4, -0.2) is 34.2 Å². The van der Waals surface area contributed by atoms with Gasteiger partial charge < -0.3 is 10.1 Å². The molecule has 1 unspecified atom stereocenters. The fourth-order valence-electron chi connectivity index (χ4n) is 2.62. The average molecular weight is 404 g/mol. The SMILES string of the molecule is C=CC1=NN(C(=O)C(C)(C)C)C(CNC(=O)OC(C)(C)C)(c2ccccc2)S1. The molecule has 0 aromatic heterocycles. The molecule has 152 valence electrons. The molecule has 7 heteroatoms. The van der Waals surface area contributed by atoms with Gasteiger partial charge in [0, 0.05) is 5.41 Å². The summed E-state index contributed by atoms with van der Waals surface area (Å²) >= 11 is 1.39. The highest BCUT2D eigenvalue weighted by atomic mass is 32.2. The minimum Gasteiger partial charge on any atom is -0.444 e. The van der Waals surface area contributed by atoms with E-state index in [0.29, 0.717) is 5.04 Å². The van der Waals surface area contributed by atoms with Crippen molar-refractivity contribution in [1.82, 2.24) is 10.3 Å². The number of hydrogen-bond donors (Lipinski definition) is 1. The van der Waals surface area contributed by atoms with E-state index in [1.807, 2.05) is 51.1 Å². The van der Waals surface area contributed by atoms with Gasteiger partial charge in [0.1, 0.15) is 10.6 Å². The second-order valence-electron chi connectivity index (χ2n) is 8.62. The van der Waals surface area contributed by atoms with Crippen LogP contribution in [0.5, 0.6) is 0 Å². The van der Waals surface area contributed by atoms with Crippen LogP contribution in [-0.2, 0) is 14.4 Å². The molecule has 0 saturated carbocycles. The number of nitrogens with zero attached hydrogens (tertiary/aromatic N) is 2. The van der Waals surface area contributed by atoms with Gasteiger partial charge in [0.15, 0.2) is 4.87 Å². The molecule has 0 spiro atoms. The van der Waals surface area contributed by atoms with Crippen molar-refractivity contribution >= 4 is 28.8 Å². The molecule has 0 fully saturated rings. The highest BCUT2D eigenvalue weighted by Gasteiger charge is 2.50. The van der Waals surface area contributed by atoms with E-state index in [1.165, 1.54) is 16.8 Å². The van der Waals surface area contributed by atoms with Crippen LogP contribution < -0.4 is 5.32 Å². The summed E-state index contributed by atoms with van der Waals surface area (Å²) in [7, 11) is 0. The molecule has 0 bridgehead atoms. The summed E-state index contributed by atoms with van der Waals surface area (Å²) in [5, 5.41) is 9.42. The molecule has 1 aliphatic rings. The Hall–Kier alpha value is -2.28. The van der Waals surface area contributed by atoms with Crippen LogP contribution in [0.25, 0.3) is 0 Å². The van der Waals surface area contributed by atoms with E-state index in [9.17, 15) is 9.59 Å². The molecular weight excluding hydrogens is 374 g/mol. The van der Waals surface area contributed by atoms with Crippen LogP contribution in [0, 0.1) is 5.41 Å². The number of rotatable bonds is 4. The van der Waals surface area contributed by atoms with Crippen LogP contribution >= 0.6 is 11.8 Å². The number of amides is 2. The second-order valence-corrected chi connectivity index (χ2v) is 9.92. The van der Waals surface area contributed by atoms with E-state index in [2.05, 4.69) is 17.0 Å². The Morgan fingerprint density at radius 2 is 1.82 bits per heavy atom. The first-order valence-corrected chi connectivity index (χ1v) is 9.98. The Kier molecular flexibility index (Phi) is 6.28. The monoisotopic (exact) mass is 403 g/mol. The molecule has 0 radical (unpaired) electrons. The van der Waals surface area contributed by atoms with Crippen molar-refractivity contribution in [3.05, 3.63) is 48.6 Å². The summed E-state index contributed by atoms with van der Waals surface area (Å²) in [5.74, 6) is -0.147. The predicted octanol–water partition coefficient (Wildman–Crippen LogP) is 4.49. The Morgan fingerprint density at radius 1 is 1.21 bits per heavy atom. The topological polar surface area (TPSA) is 71.0 Å². The lowest BCUT2D eigenvalue weighted by Gasteiger charge is -2.38. The zero-order valence-electron chi connectivity index (χ0n) is 17.4. The van der Waals surface area contributed by atoms with Gasteiger partial charge in [-0.1, -0.05) is 69.4 Å². The summed E-state index contributed by atoms with van der Waals surface area (Å²) in [6, 6.07) is 9.55. The summed E-state index contributed by atoms with van der Waals surface area (Å²) in [6.45, 7) is 14.9. The number of nitrogens with one attached hydrogen (secondary N) is 1. The van der Waals surface area contributed by atoms with E-state index in [4.69, 9.17) is 4.74 Å². The molecule has 2 amide bonds. The highest BCUT2D eigenvalue weighted by Crippen LogP contribution is 2.47. The number of hydrogen-bond acceptors (Lipinski definition) is 5. The van der Waals surface area contributed by atoms with Crippen LogP contribution in [0.1, 0.15) is 47.1 Å². The summed E-state index contributed by atoms with van der Waals surface area (Å²) in [4.78, 5) is 24.6. The molecule has 28 heavy (non-hydrogen) atoms. The van der Waals surface area contributed by atoms with Crippen molar-refractivity contribution in [2.75, 3.05) is 6.54 Å². The molecule has 6 nitrogen and oxygen atoms in total. The largest absolute Gasteiger partial charge is 0.444 e. The lowest BCUT2D eigenvalue weighted by atomic mass is 9.93. The van der Waals surface area contributed by atoms with Gasteiger partial charge in [0.2, 0.25) is 5.91 Å². The number of hydrazone groups is 1. The van der Waals surface area contributed by atoms with Crippen molar-refractivity contribution in [3.8, 4) is 0 Å². The van der Waals surface area contributed by atoms with Gasteiger partial charge in [-0.15, -0.1) is 0 Å². The first kappa shape index (κ1) is 22.0. The Labute approximate surface area is 171 Å². The van der Waals surface area contributed by atoms with Gasteiger partial charge in [0.05, 0.1) is 6.54 Å². The van der Waals surface area contributed by atoms with E-state index in [0.717, 1.165) is 5.56 Å². The molecular formula is C21H29N3O3S. The smallest absolute Gasteiger partial charge is 0.407 e. The Bertz CT molecular complexity index is 778. The van der Waals surface area contributed by atoms with Crippen LogP contribution in [0.4, 0.5) is 4.79 Å². The molecule has 0 saturated heterocycles. The third-order valence-corrected chi connectivity index (χ3v) is 5.27. The molecule has 1 heterocycles. The molecule has 1 aromatic carbocycles. The zero-order chi connectivity index (χ0) is 21.2. The maximum Gasteiger partial charge on any atom is 0.407 e. The lowest BCUT2D eigenvalue weighted by molar-refractivity contribution is -0.143. The van der Waals surface area contributed by atoms with E-state index >= 15 is 0 Å². The lowest BCUT2D eigenvalue weighted by Crippen LogP contribution is -2.52. The van der Waals surface area contributed by atoms with Crippen molar-refractivity contribution in [2.45, 2.75) is 52.0 Å². The number of benzene rings is 1. The number of alkyl carbamates (subject to hydrolysis) is 1. The number of carbonyl (C=O) groups is 2. The summed E-state index contributed by atoms with van der Waals surface area (Å²) in [5.41, 5.74) is -0.405. The quantitative estimate of drug-likeness (QED) is 0.804. The zero-order valence-corrected chi connectivity index (χ0v) is 18.2. The normalized spacial score (nSPS) is 19.8. The number of ether oxygens (including phenoxy) is 1. The highest BCUT2D eigenvalue weighted by molar-refractivity contribution is 8.15. The van der Waals surface area contributed by atoms with E-state index in [-0.39, 0.29) is 12.5 Å². The van der Waals surface area contributed by atoms with Gasteiger partial charge in [-0.25, -0.2) is 9.80 Å². The fraction of sp³-hybridized carbons (Fsp3) is 0.476. The number of carbonyl (C=O) groups excluding carboxylic acids is 2. The Balaban J connectivity index is 2.45. The summed E-state index contributed by atoms with van der Waals surface area (Å²) < 4.78 is 5.37. The summed E-state index contributed by atoms with van der Waals surface area (Å²) in [6.07, 6.45) is 1.07. The van der Waals surface area contributed by atoms with Crippen molar-refractivity contribution in [1.29, 1.82) is 0 Å². The maximum atomic E-state index is 13.2. The van der Waals surface area contributed by atoms with Gasteiger partial charge >= 0.3 is 6.09 Å². The van der Waals surface area contributed by atoms with Crippen molar-refractivity contribution in [2.24, 2.45) is 10.5 Å².